The number of ether oxygens (including phenoxy) is 3. The molecule has 0 radical (unpaired) electrons. The number of hydrogen-bond acceptors (Lipinski definition) is 5. The maximum absolute atomic E-state index is 12.1. The third kappa shape index (κ3) is 4.54. The highest BCUT2D eigenvalue weighted by Crippen LogP contribution is 2.33. The SMILES string of the molecule is COc1cc(NC(=O)COc2ccccc2Cl)c(C(=O)O)cc1OC. The van der Waals surface area contributed by atoms with Crippen LogP contribution in [0.5, 0.6) is 17.2 Å². The summed E-state index contributed by atoms with van der Waals surface area (Å²) in [5.41, 5.74) is -0.0679. The lowest BCUT2D eigenvalue weighted by Crippen LogP contribution is -2.21. The predicted octanol–water partition coefficient (Wildman–Crippen LogP) is 3.07. The summed E-state index contributed by atoms with van der Waals surface area (Å²) in [6, 6.07) is 9.34. The van der Waals surface area contributed by atoms with Crippen LogP contribution in [0.25, 0.3) is 0 Å². The third-order valence-electron chi connectivity index (χ3n) is 3.22. The van der Waals surface area contributed by atoms with Crippen LogP contribution in [-0.4, -0.2) is 37.8 Å². The minimum atomic E-state index is -1.22. The number of hydrogen-bond donors (Lipinski definition) is 2. The van der Waals surface area contributed by atoms with E-state index in [1.54, 1.807) is 24.3 Å². The van der Waals surface area contributed by atoms with Crippen molar-refractivity contribution in [2.45, 2.75) is 0 Å². The average molecular weight is 366 g/mol. The quantitative estimate of drug-likeness (QED) is 0.783. The predicted molar refractivity (Wildman–Crippen MR) is 92.1 cm³/mol. The van der Waals surface area contributed by atoms with Gasteiger partial charge in [-0.2, -0.15) is 0 Å². The molecule has 0 aliphatic rings. The summed E-state index contributed by atoms with van der Waals surface area (Å²) in [6.07, 6.45) is 0. The Kier molecular flexibility index (Phi) is 6.08. The summed E-state index contributed by atoms with van der Waals surface area (Å²) < 4.78 is 15.5. The number of carbonyl (C=O) groups is 2. The lowest BCUT2D eigenvalue weighted by atomic mass is 10.1. The molecule has 0 aliphatic carbocycles. The first-order chi connectivity index (χ1) is 12.0. The van der Waals surface area contributed by atoms with E-state index in [1.165, 1.54) is 26.4 Å². The highest BCUT2D eigenvalue weighted by atomic mass is 35.5. The number of carbonyl (C=O) groups excluding carboxylic acids is 1. The zero-order valence-corrected chi connectivity index (χ0v) is 14.3. The number of rotatable bonds is 7. The van der Waals surface area contributed by atoms with Gasteiger partial charge in [0, 0.05) is 12.1 Å². The first-order valence-electron chi connectivity index (χ1n) is 7.12. The fourth-order valence-corrected chi connectivity index (χ4v) is 2.24. The number of aromatic carboxylic acids is 1. The molecule has 132 valence electrons. The first-order valence-corrected chi connectivity index (χ1v) is 7.50. The van der Waals surface area contributed by atoms with Crippen molar-refractivity contribution in [1.29, 1.82) is 0 Å². The number of halogens is 1. The minimum absolute atomic E-state index is 0.0675. The number of para-hydroxylation sites is 1. The number of benzene rings is 2. The van der Waals surface area contributed by atoms with Crippen molar-refractivity contribution >= 4 is 29.2 Å². The smallest absolute Gasteiger partial charge is 0.337 e. The van der Waals surface area contributed by atoms with Crippen LogP contribution in [0.3, 0.4) is 0 Å². The lowest BCUT2D eigenvalue weighted by Gasteiger charge is -2.14. The van der Waals surface area contributed by atoms with Gasteiger partial charge in [0.1, 0.15) is 5.75 Å². The Balaban J connectivity index is 2.16. The van der Waals surface area contributed by atoms with Crippen molar-refractivity contribution < 1.29 is 28.9 Å². The minimum Gasteiger partial charge on any atom is -0.493 e. The molecule has 8 heteroatoms. The molecule has 0 saturated heterocycles. The van der Waals surface area contributed by atoms with Crippen LogP contribution >= 0.6 is 11.6 Å². The zero-order valence-electron chi connectivity index (χ0n) is 13.5. The van der Waals surface area contributed by atoms with E-state index in [0.717, 1.165) is 0 Å². The number of amides is 1. The molecule has 0 aromatic heterocycles. The van der Waals surface area contributed by atoms with E-state index in [2.05, 4.69) is 5.32 Å². The fourth-order valence-electron chi connectivity index (χ4n) is 2.05. The van der Waals surface area contributed by atoms with Crippen LogP contribution in [0.15, 0.2) is 36.4 Å². The zero-order chi connectivity index (χ0) is 18.4. The third-order valence-corrected chi connectivity index (χ3v) is 3.54. The highest BCUT2D eigenvalue weighted by molar-refractivity contribution is 6.32. The van der Waals surface area contributed by atoms with Gasteiger partial charge in [-0.15, -0.1) is 0 Å². The van der Waals surface area contributed by atoms with Crippen LogP contribution in [0.2, 0.25) is 5.02 Å². The molecule has 1 amide bonds. The van der Waals surface area contributed by atoms with E-state index < -0.39 is 11.9 Å². The molecule has 2 N–H and O–H groups in total. The van der Waals surface area contributed by atoms with E-state index in [-0.39, 0.29) is 29.4 Å². The lowest BCUT2D eigenvalue weighted by molar-refractivity contribution is -0.118. The second-order valence-electron chi connectivity index (χ2n) is 4.83. The topological polar surface area (TPSA) is 94.1 Å². The van der Waals surface area contributed by atoms with E-state index in [9.17, 15) is 14.7 Å². The van der Waals surface area contributed by atoms with Crippen LogP contribution in [0.4, 0.5) is 5.69 Å². The van der Waals surface area contributed by atoms with Gasteiger partial charge in [0.2, 0.25) is 0 Å². The Bertz CT molecular complexity index is 793. The molecule has 0 saturated carbocycles. The fraction of sp³-hybridized carbons (Fsp3) is 0.176. The van der Waals surface area contributed by atoms with E-state index >= 15 is 0 Å². The summed E-state index contributed by atoms with van der Waals surface area (Å²) in [5.74, 6) is -0.886. The summed E-state index contributed by atoms with van der Waals surface area (Å²) in [4.78, 5) is 23.5. The molecule has 0 unspecified atom stereocenters. The van der Waals surface area contributed by atoms with Gasteiger partial charge in [-0.25, -0.2) is 4.79 Å². The summed E-state index contributed by atoms with van der Waals surface area (Å²) in [7, 11) is 2.80. The van der Waals surface area contributed by atoms with Crippen molar-refractivity contribution in [3.63, 3.8) is 0 Å². The van der Waals surface area contributed by atoms with Crippen molar-refractivity contribution in [2.24, 2.45) is 0 Å². The normalized spacial score (nSPS) is 10.0. The van der Waals surface area contributed by atoms with Crippen molar-refractivity contribution in [2.75, 3.05) is 26.1 Å². The Labute approximate surface area is 149 Å². The van der Waals surface area contributed by atoms with Gasteiger partial charge < -0.3 is 24.6 Å². The largest absolute Gasteiger partial charge is 0.493 e. The maximum atomic E-state index is 12.1. The molecular weight excluding hydrogens is 350 g/mol. The van der Waals surface area contributed by atoms with Crippen molar-refractivity contribution in [1.82, 2.24) is 0 Å². The van der Waals surface area contributed by atoms with Crippen molar-refractivity contribution in [3.05, 3.63) is 47.0 Å². The van der Waals surface area contributed by atoms with Gasteiger partial charge in [-0.1, -0.05) is 23.7 Å². The Hall–Kier alpha value is -2.93. The van der Waals surface area contributed by atoms with E-state index in [0.29, 0.717) is 10.8 Å². The second-order valence-corrected chi connectivity index (χ2v) is 5.23. The number of nitrogens with one attached hydrogen (secondary N) is 1. The van der Waals surface area contributed by atoms with Gasteiger partial charge in [-0.3, -0.25) is 4.79 Å². The maximum Gasteiger partial charge on any atom is 0.337 e. The van der Waals surface area contributed by atoms with Crippen LogP contribution in [-0.2, 0) is 4.79 Å². The molecular formula is C17H16ClNO6. The number of anilines is 1. The van der Waals surface area contributed by atoms with E-state index in [1.807, 2.05) is 0 Å². The molecule has 2 aromatic rings. The highest BCUT2D eigenvalue weighted by Gasteiger charge is 2.18. The number of methoxy groups -OCH3 is 2. The summed E-state index contributed by atoms with van der Waals surface area (Å²) in [5, 5.41) is 12.2. The molecule has 0 fully saturated rings. The monoisotopic (exact) mass is 365 g/mol. The molecule has 25 heavy (non-hydrogen) atoms. The standard InChI is InChI=1S/C17H16ClNO6/c1-23-14-7-10(17(21)22)12(8-15(14)24-2)19-16(20)9-25-13-6-4-3-5-11(13)18/h3-8H,9H2,1-2H3,(H,19,20)(H,21,22). The van der Waals surface area contributed by atoms with Gasteiger partial charge >= 0.3 is 5.97 Å². The molecule has 2 aromatic carbocycles. The summed E-state index contributed by atoms with van der Waals surface area (Å²) >= 11 is 5.94. The Morgan fingerprint density at radius 3 is 2.32 bits per heavy atom. The van der Waals surface area contributed by atoms with Crippen molar-refractivity contribution in [3.8, 4) is 17.2 Å². The van der Waals surface area contributed by atoms with Gasteiger partial charge in [0.15, 0.2) is 18.1 Å². The van der Waals surface area contributed by atoms with Gasteiger partial charge in [0.25, 0.3) is 5.91 Å². The van der Waals surface area contributed by atoms with Crippen LogP contribution < -0.4 is 19.5 Å². The number of carboxylic acids is 1. The van der Waals surface area contributed by atoms with Crippen LogP contribution in [0, 0.1) is 0 Å². The molecule has 2 rings (SSSR count). The Morgan fingerprint density at radius 1 is 1.08 bits per heavy atom. The molecule has 0 atom stereocenters. The molecule has 0 aliphatic heterocycles. The van der Waals surface area contributed by atoms with Crippen LogP contribution in [0.1, 0.15) is 10.4 Å². The van der Waals surface area contributed by atoms with E-state index in [4.69, 9.17) is 25.8 Å². The molecule has 0 spiro atoms. The molecule has 0 heterocycles. The van der Waals surface area contributed by atoms with Gasteiger partial charge in [0.05, 0.1) is 30.5 Å². The van der Waals surface area contributed by atoms with Gasteiger partial charge in [-0.05, 0) is 12.1 Å². The second kappa shape index (κ2) is 8.25. The average Bonchev–Trinajstić information content (AvgIpc) is 2.60. The molecule has 7 nitrogen and oxygen atoms in total. The molecule has 0 bridgehead atoms. The number of carboxylic acid groups (broad SMARTS) is 1. The first kappa shape index (κ1) is 18.4. The summed E-state index contributed by atoms with van der Waals surface area (Å²) in [6.45, 7) is -0.336. The Morgan fingerprint density at radius 2 is 1.72 bits per heavy atom.